The molecule has 0 aliphatic rings. The summed E-state index contributed by atoms with van der Waals surface area (Å²) in [6.07, 6.45) is 0. The van der Waals surface area contributed by atoms with Crippen molar-refractivity contribution in [2.45, 2.75) is 6.92 Å². The zero-order valence-corrected chi connectivity index (χ0v) is 9.51. The SMILES string of the molecule is CC(=O)c1ccc(C(=O)c2ccccc2)cc1. The van der Waals surface area contributed by atoms with Crippen LogP contribution in [0.1, 0.15) is 33.2 Å². The molecule has 0 spiro atoms. The predicted molar refractivity (Wildman–Crippen MR) is 66.3 cm³/mol. The fourth-order valence-electron chi connectivity index (χ4n) is 1.61. The van der Waals surface area contributed by atoms with Gasteiger partial charge in [0.25, 0.3) is 0 Å². The molecule has 2 rings (SSSR count). The van der Waals surface area contributed by atoms with Crippen molar-refractivity contribution >= 4 is 11.6 Å². The van der Waals surface area contributed by atoms with Crippen LogP contribution in [0.3, 0.4) is 0 Å². The van der Waals surface area contributed by atoms with Gasteiger partial charge in [-0.2, -0.15) is 0 Å². The van der Waals surface area contributed by atoms with Crippen LogP contribution in [-0.2, 0) is 0 Å². The molecule has 2 nitrogen and oxygen atoms in total. The quantitative estimate of drug-likeness (QED) is 0.750. The number of carbonyl (C=O) groups excluding carboxylic acids is 2. The van der Waals surface area contributed by atoms with Crippen LogP contribution in [0.4, 0.5) is 0 Å². The van der Waals surface area contributed by atoms with Crippen molar-refractivity contribution in [3.8, 4) is 0 Å². The maximum atomic E-state index is 12.0. The van der Waals surface area contributed by atoms with Gasteiger partial charge in [0.1, 0.15) is 0 Å². The minimum Gasteiger partial charge on any atom is -0.295 e. The molecule has 2 heteroatoms. The second-order valence-corrected chi connectivity index (χ2v) is 3.83. The summed E-state index contributed by atoms with van der Waals surface area (Å²) in [6.45, 7) is 1.51. The fourth-order valence-corrected chi connectivity index (χ4v) is 1.61. The van der Waals surface area contributed by atoms with Gasteiger partial charge in [0, 0.05) is 16.7 Å². The van der Waals surface area contributed by atoms with Crippen LogP contribution in [0.2, 0.25) is 0 Å². The van der Waals surface area contributed by atoms with Gasteiger partial charge in [-0.1, -0.05) is 54.6 Å². The molecule has 2 aromatic carbocycles. The van der Waals surface area contributed by atoms with Crippen LogP contribution in [0, 0.1) is 0 Å². The van der Waals surface area contributed by atoms with Gasteiger partial charge in [0.05, 0.1) is 0 Å². The van der Waals surface area contributed by atoms with E-state index < -0.39 is 0 Å². The maximum absolute atomic E-state index is 12.0. The summed E-state index contributed by atoms with van der Waals surface area (Å²) in [4.78, 5) is 23.2. The first-order valence-electron chi connectivity index (χ1n) is 5.39. The van der Waals surface area contributed by atoms with E-state index in [1.807, 2.05) is 18.2 Å². The monoisotopic (exact) mass is 224 g/mol. The Balaban J connectivity index is 2.30. The van der Waals surface area contributed by atoms with E-state index in [9.17, 15) is 9.59 Å². The first-order valence-corrected chi connectivity index (χ1v) is 5.39. The highest BCUT2D eigenvalue weighted by Gasteiger charge is 2.08. The third kappa shape index (κ3) is 2.48. The fraction of sp³-hybridized carbons (Fsp3) is 0.0667. The minimum absolute atomic E-state index is 0.00344. The van der Waals surface area contributed by atoms with E-state index in [2.05, 4.69) is 0 Å². The van der Waals surface area contributed by atoms with Gasteiger partial charge in [-0.25, -0.2) is 0 Å². The second-order valence-electron chi connectivity index (χ2n) is 3.83. The van der Waals surface area contributed by atoms with Gasteiger partial charge in [0.15, 0.2) is 11.6 Å². The number of benzene rings is 2. The van der Waals surface area contributed by atoms with Crippen molar-refractivity contribution in [1.29, 1.82) is 0 Å². The highest BCUT2D eigenvalue weighted by molar-refractivity contribution is 6.09. The molecule has 0 radical (unpaired) electrons. The summed E-state index contributed by atoms with van der Waals surface area (Å²) >= 11 is 0. The highest BCUT2D eigenvalue weighted by Crippen LogP contribution is 2.11. The summed E-state index contributed by atoms with van der Waals surface area (Å²) in [7, 11) is 0. The molecule has 0 bridgehead atoms. The van der Waals surface area contributed by atoms with Crippen LogP contribution in [0.25, 0.3) is 0 Å². The van der Waals surface area contributed by atoms with Gasteiger partial charge in [-0.15, -0.1) is 0 Å². The molecule has 0 aliphatic carbocycles. The molecule has 0 saturated carbocycles. The van der Waals surface area contributed by atoms with Crippen LogP contribution >= 0.6 is 0 Å². The van der Waals surface area contributed by atoms with Crippen molar-refractivity contribution in [2.75, 3.05) is 0 Å². The molecule has 17 heavy (non-hydrogen) atoms. The Labute approximate surface area is 99.9 Å². The number of ketones is 2. The van der Waals surface area contributed by atoms with Crippen molar-refractivity contribution in [1.82, 2.24) is 0 Å². The Morgan fingerprint density at radius 3 is 1.71 bits per heavy atom. The molecule has 2 aromatic rings. The van der Waals surface area contributed by atoms with E-state index in [1.165, 1.54) is 6.92 Å². The summed E-state index contributed by atoms with van der Waals surface area (Å²) in [5.74, 6) is -0.0237. The Kier molecular flexibility index (Phi) is 3.15. The van der Waals surface area contributed by atoms with E-state index in [1.54, 1.807) is 36.4 Å². The minimum atomic E-state index is -0.0271. The van der Waals surface area contributed by atoms with Crippen molar-refractivity contribution < 1.29 is 9.59 Å². The number of rotatable bonds is 3. The molecular weight excluding hydrogens is 212 g/mol. The molecule has 84 valence electrons. The van der Waals surface area contributed by atoms with Gasteiger partial charge in [0.2, 0.25) is 0 Å². The van der Waals surface area contributed by atoms with Crippen molar-refractivity contribution in [2.24, 2.45) is 0 Å². The standard InChI is InChI=1S/C15H12O2/c1-11(16)12-7-9-14(10-8-12)15(17)13-5-3-2-4-6-13/h2-10H,1H3. The van der Waals surface area contributed by atoms with E-state index in [-0.39, 0.29) is 11.6 Å². The van der Waals surface area contributed by atoms with Gasteiger partial charge < -0.3 is 0 Å². The Morgan fingerprint density at radius 2 is 1.18 bits per heavy atom. The molecule has 0 aromatic heterocycles. The van der Waals surface area contributed by atoms with Crippen molar-refractivity contribution in [3.63, 3.8) is 0 Å². The molecular formula is C15H12O2. The highest BCUT2D eigenvalue weighted by atomic mass is 16.1. The summed E-state index contributed by atoms with van der Waals surface area (Å²) in [5, 5.41) is 0. The number of Topliss-reactive ketones (excluding diaryl/α,β-unsaturated/α-hetero) is 1. The van der Waals surface area contributed by atoms with Gasteiger partial charge in [-0.3, -0.25) is 9.59 Å². The summed E-state index contributed by atoms with van der Waals surface area (Å²) in [6, 6.07) is 15.8. The lowest BCUT2D eigenvalue weighted by Crippen LogP contribution is -2.01. The zero-order chi connectivity index (χ0) is 12.3. The molecule has 0 fully saturated rings. The molecule has 0 atom stereocenters. The van der Waals surface area contributed by atoms with Gasteiger partial charge >= 0.3 is 0 Å². The van der Waals surface area contributed by atoms with E-state index in [0.717, 1.165) is 0 Å². The average Bonchev–Trinajstić information content (AvgIpc) is 2.39. The lowest BCUT2D eigenvalue weighted by atomic mass is 10.0. The molecule has 0 N–H and O–H groups in total. The Hall–Kier alpha value is -2.22. The number of hydrogen-bond acceptors (Lipinski definition) is 2. The van der Waals surface area contributed by atoms with Crippen molar-refractivity contribution in [3.05, 3.63) is 71.3 Å². The predicted octanol–water partition coefficient (Wildman–Crippen LogP) is 3.12. The van der Waals surface area contributed by atoms with E-state index in [4.69, 9.17) is 0 Å². The smallest absolute Gasteiger partial charge is 0.193 e. The van der Waals surface area contributed by atoms with Crippen LogP contribution in [0.15, 0.2) is 54.6 Å². The van der Waals surface area contributed by atoms with E-state index >= 15 is 0 Å². The first-order chi connectivity index (χ1) is 8.18. The second kappa shape index (κ2) is 4.74. The Morgan fingerprint density at radius 1 is 0.706 bits per heavy atom. The topological polar surface area (TPSA) is 34.1 Å². The van der Waals surface area contributed by atoms with Crippen LogP contribution in [0.5, 0.6) is 0 Å². The maximum Gasteiger partial charge on any atom is 0.193 e. The lowest BCUT2D eigenvalue weighted by Gasteiger charge is -2.01. The summed E-state index contributed by atoms with van der Waals surface area (Å²) in [5.41, 5.74) is 1.87. The zero-order valence-electron chi connectivity index (χ0n) is 9.51. The molecule has 0 amide bonds. The number of hydrogen-bond donors (Lipinski definition) is 0. The summed E-state index contributed by atoms with van der Waals surface area (Å²) < 4.78 is 0. The normalized spacial score (nSPS) is 9.94. The van der Waals surface area contributed by atoms with Gasteiger partial charge in [-0.05, 0) is 6.92 Å². The Bertz CT molecular complexity index is 539. The molecule has 0 aliphatic heterocycles. The number of carbonyl (C=O) groups is 2. The third-order valence-corrected chi connectivity index (χ3v) is 2.59. The van der Waals surface area contributed by atoms with Crippen LogP contribution in [-0.4, -0.2) is 11.6 Å². The molecule has 0 heterocycles. The average molecular weight is 224 g/mol. The molecule has 0 unspecified atom stereocenters. The first kappa shape index (κ1) is 11.3. The molecule has 0 saturated heterocycles. The van der Waals surface area contributed by atoms with E-state index in [0.29, 0.717) is 16.7 Å². The largest absolute Gasteiger partial charge is 0.295 e. The van der Waals surface area contributed by atoms with Crippen LogP contribution < -0.4 is 0 Å². The third-order valence-electron chi connectivity index (χ3n) is 2.59. The lowest BCUT2D eigenvalue weighted by molar-refractivity contribution is 0.101.